The summed E-state index contributed by atoms with van der Waals surface area (Å²) in [6.45, 7) is 4.22. The van der Waals surface area contributed by atoms with Gasteiger partial charge in [-0.05, 0) is 36.9 Å². The number of nitrogens with one attached hydrogen (secondary N) is 1. The smallest absolute Gasteiger partial charge is 0.164 e. The van der Waals surface area contributed by atoms with Gasteiger partial charge in [0.2, 0.25) is 0 Å². The van der Waals surface area contributed by atoms with Crippen molar-refractivity contribution >= 4 is 17.0 Å². The van der Waals surface area contributed by atoms with E-state index in [1.807, 2.05) is 6.07 Å². The Morgan fingerprint density at radius 3 is 2.67 bits per heavy atom. The lowest BCUT2D eigenvalue weighted by Gasteiger charge is -2.15. The number of hydrogen-bond donors (Lipinski definition) is 1. The first kappa shape index (κ1) is 15.3. The van der Waals surface area contributed by atoms with Crippen LogP contribution in [-0.2, 0) is 6.42 Å². The van der Waals surface area contributed by atoms with Crippen LogP contribution in [0.1, 0.15) is 30.4 Å². The predicted molar refractivity (Wildman–Crippen MR) is 79.5 cm³/mol. The van der Waals surface area contributed by atoms with Crippen LogP contribution in [0.5, 0.6) is 11.5 Å². The number of hydrogen-bond acceptors (Lipinski definition) is 3. The van der Waals surface area contributed by atoms with Crippen LogP contribution in [0.3, 0.4) is 0 Å². The molecule has 18 heavy (non-hydrogen) atoms. The topological polar surface area (TPSA) is 30.5 Å². The summed E-state index contributed by atoms with van der Waals surface area (Å²) in [5, 5.41) is 3.43. The van der Waals surface area contributed by atoms with Crippen LogP contribution in [0.15, 0.2) is 12.1 Å². The lowest BCUT2D eigenvalue weighted by molar-refractivity contribution is 0.352. The molecule has 0 bridgehead atoms. The van der Waals surface area contributed by atoms with E-state index in [4.69, 9.17) is 9.47 Å². The molecule has 0 saturated heterocycles. The molecule has 4 heteroatoms. The van der Waals surface area contributed by atoms with Crippen molar-refractivity contribution in [3.8, 4) is 11.5 Å². The van der Waals surface area contributed by atoms with E-state index < -0.39 is 0 Å². The second-order valence-corrected chi connectivity index (χ2v) is 4.41. The molecule has 102 valence electrons. The van der Waals surface area contributed by atoms with E-state index in [2.05, 4.69) is 18.3 Å². The van der Waals surface area contributed by atoms with Crippen molar-refractivity contribution in [1.29, 1.82) is 0 Å². The average Bonchev–Trinajstić information content (AvgIpc) is 2.78. The van der Waals surface area contributed by atoms with Crippen LogP contribution in [0.4, 0.5) is 0 Å². The molecular formula is C14H22BrNO2. The molecule has 3 nitrogen and oxygen atoms in total. The molecule has 1 aliphatic carbocycles. The van der Waals surface area contributed by atoms with Gasteiger partial charge in [-0.2, -0.15) is 0 Å². The lowest BCUT2D eigenvalue weighted by Crippen LogP contribution is -2.19. The minimum absolute atomic E-state index is 0. The lowest BCUT2D eigenvalue weighted by atomic mass is 10.0. The Morgan fingerprint density at radius 1 is 1.28 bits per heavy atom. The molecule has 1 N–H and O–H groups in total. The zero-order chi connectivity index (χ0) is 12.3. The Morgan fingerprint density at radius 2 is 2.06 bits per heavy atom. The first-order chi connectivity index (χ1) is 8.31. The fraction of sp³-hybridized carbons (Fsp3) is 0.571. The van der Waals surface area contributed by atoms with Gasteiger partial charge in [-0.25, -0.2) is 0 Å². The van der Waals surface area contributed by atoms with Gasteiger partial charge >= 0.3 is 0 Å². The summed E-state index contributed by atoms with van der Waals surface area (Å²) in [5.74, 6) is 2.38. The summed E-state index contributed by atoms with van der Waals surface area (Å²) in [4.78, 5) is 0. The van der Waals surface area contributed by atoms with E-state index in [0.29, 0.717) is 5.92 Å². The minimum atomic E-state index is 0. The van der Waals surface area contributed by atoms with Crippen molar-refractivity contribution in [3.63, 3.8) is 0 Å². The van der Waals surface area contributed by atoms with E-state index in [1.165, 1.54) is 17.5 Å². The molecule has 0 aliphatic heterocycles. The van der Waals surface area contributed by atoms with Gasteiger partial charge in [-0.1, -0.05) is 13.0 Å². The largest absolute Gasteiger partial charge is 0.493 e. The van der Waals surface area contributed by atoms with Gasteiger partial charge in [-0.15, -0.1) is 17.0 Å². The van der Waals surface area contributed by atoms with Crippen LogP contribution < -0.4 is 14.8 Å². The quantitative estimate of drug-likeness (QED) is 0.906. The molecule has 1 atom stereocenters. The summed E-state index contributed by atoms with van der Waals surface area (Å²) >= 11 is 0. The van der Waals surface area contributed by atoms with E-state index in [0.717, 1.165) is 31.0 Å². The number of halogens is 1. The van der Waals surface area contributed by atoms with Crippen molar-refractivity contribution in [2.75, 3.05) is 27.3 Å². The Labute approximate surface area is 120 Å². The monoisotopic (exact) mass is 315 g/mol. The Hall–Kier alpha value is -0.740. The summed E-state index contributed by atoms with van der Waals surface area (Å²) in [5.41, 5.74) is 2.75. The van der Waals surface area contributed by atoms with Gasteiger partial charge in [0.15, 0.2) is 11.5 Å². The molecule has 1 aromatic carbocycles. The Balaban J connectivity index is 0.00000162. The highest BCUT2D eigenvalue weighted by Crippen LogP contribution is 2.42. The molecule has 0 heterocycles. The van der Waals surface area contributed by atoms with Gasteiger partial charge < -0.3 is 14.8 Å². The van der Waals surface area contributed by atoms with Crippen LogP contribution in [0.2, 0.25) is 0 Å². The summed E-state index contributed by atoms with van der Waals surface area (Å²) in [7, 11) is 3.41. The number of fused-ring (bicyclic) bond motifs is 1. The standard InChI is InChI=1S/C14H21NO2.BrH/c1-4-15-9-10-5-6-12-11(10)7-8-13(16-2)14(12)17-3;/h7-8,10,15H,4-6,9H2,1-3H3;1H. The van der Waals surface area contributed by atoms with Gasteiger partial charge in [0.05, 0.1) is 14.2 Å². The van der Waals surface area contributed by atoms with Crippen LogP contribution in [0, 0.1) is 0 Å². The fourth-order valence-electron chi connectivity index (χ4n) is 2.65. The highest BCUT2D eigenvalue weighted by molar-refractivity contribution is 8.93. The normalized spacial score (nSPS) is 16.9. The second kappa shape index (κ2) is 7.00. The van der Waals surface area contributed by atoms with E-state index in [1.54, 1.807) is 14.2 Å². The average molecular weight is 316 g/mol. The molecule has 0 spiro atoms. The summed E-state index contributed by atoms with van der Waals surface area (Å²) in [6.07, 6.45) is 2.29. The summed E-state index contributed by atoms with van der Waals surface area (Å²) in [6, 6.07) is 4.20. The van der Waals surface area contributed by atoms with Gasteiger partial charge in [0.1, 0.15) is 0 Å². The van der Waals surface area contributed by atoms with Crippen molar-refractivity contribution < 1.29 is 9.47 Å². The molecule has 1 unspecified atom stereocenters. The van der Waals surface area contributed by atoms with Gasteiger partial charge in [0, 0.05) is 12.1 Å². The molecule has 0 amide bonds. The number of ether oxygens (including phenoxy) is 2. The molecule has 0 fully saturated rings. The first-order valence-electron chi connectivity index (χ1n) is 6.26. The Bertz CT molecular complexity index is 396. The summed E-state index contributed by atoms with van der Waals surface area (Å²) < 4.78 is 10.8. The van der Waals surface area contributed by atoms with Crippen LogP contribution in [0.25, 0.3) is 0 Å². The van der Waals surface area contributed by atoms with Crippen LogP contribution in [-0.4, -0.2) is 27.3 Å². The van der Waals surface area contributed by atoms with E-state index >= 15 is 0 Å². The zero-order valence-electron chi connectivity index (χ0n) is 11.3. The van der Waals surface area contributed by atoms with Crippen molar-refractivity contribution in [3.05, 3.63) is 23.3 Å². The van der Waals surface area contributed by atoms with E-state index in [-0.39, 0.29) is 17.0 Å². The van der Waals surface area contributed by atoms with E-state index in [9.17, 15) is 0 Å². The van der Waals surface area contributed by atoms with Gasteiger partial charge in [0.25, 0.3) is 0 Å². The zero-order valence-corrected chi connectivity index (χ0v) is 13.0. The number of benzene rings is 1. The molecule has 1 aliphatic rings. The number of likely N-dealkylation sites (N-methyl/N-ethyl adjacent to an activating group) is 1. The van der Waals surface area contributed by atoms with Crippen molar-refractivity contribution in [2.45, 2.75) is 25.7 Å². The number of rotatable bonds is 5. The third-order valence-corrected chi connectivity index (χ3v) is 3.51. The SMILES string of the molecule is Br.CCNCC1CCc2c1ccc(OC)c2OC. The second-order valence-electron chi connectivity index (χ2n) is 4.41. The van der Waals surface area contributed by atoms with Crippen LogP contribution >= 0.6 is 17.0 Å². The fourth-order valence-corrected chi connectivity index (χ4v) is 2.65. The maximum absolute atomic E-state index is 5.49. The molecular weight excluding hydrogens is 294 g/mol. The molecule has 0 aromatic heterocycles. The Kier molecular flexibility index (Phi) is 5.96. The molecule has 0 saturated carbocycles. The third-order valence-electron chi connectivity index (χ3n) is 3.51. The number of methoxy groups -OCH3 is 2. The molecule has 0 radical (unpaired) electrons. The van der Waals surface area contributed by atoms with Crippen molar-refractivity contribution in [2.24, 2.45) is 0 Å². The minimum Gasteiger partial charge on any atom is -0.493 e. The van der Waals surface area contributed by atoms with Gasteiger partial charge in [-0.3, -0.25) is 0 Å². The molecule has 1 aromatic rings. The predicted octanol–water partition coefficient (Wildman–Crippen LogP) is 2.92. The third kappa shape index (κ3) is 2.81. The first-order valence-corrected chi connectivity index (χ1v) is 6.26. The highest BCUT2D eigenvalue weighted by atomic mass is 79.9. The maximum atomic E-state index is 5.49. The van der Waals surface area contributed by atoms with Crippen molar-refractivity contribution in [1.82, 2.24) is 5.32 Å². The molecule has 2 rings (SSSR count). The highest BCUT2D eigenvalue weighted by Gasteiger charge is 2.26. The maximum Gasteiger partial charge on any atom is 0.164 e.